The predicted molar refractivity (Wildman–Crippen MR) is 114 cm³/mol. The molecule has 1 atom stereocenters. The molecule has 7 nitrogen and oxygen atoms in total. The van der Waals surface area contributed by atoms with Gasteiger partial charge in [0.15, 0.2) is 0 Å². The van der Waals surface area contributed by atoms with Crippen LogP contribution in [0.5, 0.6) is 0 Å². The van der Waals surface area contributed by atoms with E-state index >= 15 is 0 Å². The Balaban J connectivity index is 1.59. The maximum atomic E-state index is 12.8. The van der Waals surface area contributed by atoms with Crippen LogP contribution in [-0.4, -0.2) is 78.1 Å². The van der Waals surface area contributed by atoms with Crippen LogP contribution >= 0.6 is 0 Å². The fourth-order valence-corrected chi connectivity index (χ4v) is 3.88. The Labute approximate surface area is 173 Å². The van der Waals surface area contributed by atoms with E-state index in [1.54, 1.807) is 0 Å². The maximum absolute atomic E-state index is 12.8. The molecule has 158 valence electrons. The fraction of sp³-hybridized carbons (Fsp3) is 0.591. The van der Waals surface area contributed by atoms with Crippen LogP contribution in [0.15, 0.2) is 35.4 Å². The lowest BCUT2D eigenvalue weighted by atomic mass is 10.0. The number of hydrogen-bond acceptors (Lipinski definition) is 5. The first-order chi connectivity index (χ1) is 13.9. The number of benzene rings is 1. The molecule has 2 heterocycles. The lowest BCUT2D eigenvalue weighted by molar-refractivity contribution is -0.132. The highest BCUT2D eigenvalue weighted by molar-refractivity contribution is 6.39. The largest absolute Gasteiger partial charge is 0.349 e. The summed E-state index contributed by atoms with van der Waals surface area (Å²) >= 11 is 0. The second kappa shape index (κ2) is 9.98. The van der Waals surface area contributed by atoms with Crippen LogP contribution < -0.4 is 5.32 Å². The minimum absolute atomic E-state index is 0.0390. The molecule has 2 aliphatic heterocycles. The average molecular weight is 400 g/mol. The minimum atomic E-state index is -0.157. The fourth-order valence-electron chi connectivity index (χ4n) is 3.88. The molecule has 1 saturated heterocycles. The zero-order chi connectivity index (χ0) is 20.8. The smallest absolute Gasteiger partial charge is 0.267 e. The summed E-state index contributed by atoms with van der Waals surface area (Å²) in [5.41, 5.74) is 1.45. The van der Waals surface area contributed by atoms with Crippen LogP contribution in [0.4, 0.5) is 0 Å². The number of rotatable bonds is 7. The molecular formula is C22H33N5O2. The van der Waals surface area contributed by atoms with Crippen molar-refractivity contribution in [1.82, 2.24) is 20.1 Å². The quantitative estimate of drug-likeness (QED) is 0.755. The number of nitrogens with zero attached hydrogens (tertiary/aromatic N) is 4. The van der Waals surface area contributed by atoms with Crippen molar-refractivity contribution in [1.29, 1.82) is 0 Å². The maximum Gasteiger partial charge on any atom is 0.267 e. The summed E-state index contributed by atoms with van der Waals surface area (Å²) in [6, 6.07) is 10.0. The van der Waals surface area contributed by atoms with E-state index in [4.69, 9.17) is 0 Å². The molecule has 0 saturated carbocycles. The molecule has 2 amide bonds. The average Bonchev–Trinajstić information content (AvgIpc) is 2.71. The summed E-state index contributed by atoms with van der Waals surface area (Å²) in [6.07, 6.45) is 0.724. The van der Waals surface area contributed by atoms with Crippen molar-refractivity contribution in [2.24, 2.45) is 11.0 Å². The van der Waals surface area contributed by atoms with E-state index < -0.39 is 0 Å². The van der Waals surface area contributed by atoms with Gasteiger partial charge in [-0.1, -0.05) is 44.2 Å². The Hall–Kier alpha value is -2.25. The van der Waals surface area contributed by atoms with Gasteiger partial charge in [-0.25, -0.2) is 5.01 Å². The van der Waals surface area contributed by atoms with Crippen molar-refractivity contribution in [2.75, 3.05) is 39.8 Å². The van der Waals surface area contributed by atoms with Crippen molar-refractivity contribution in [3.8, 4) is 0 Å². The van der Waals surface area contributed by atoms with E-state index in [0.717, 1.165) is 31.7 Å². The van der Waals surface area contributed by atoms with Crippen LogP contribution in [0.1, 0.15) is 32.3 Å². The third-order valence-electron chi connectivity index (χ3n) is 5.79. The van der Waals surface area contributed by atoms with Crippen molar-refractivity contribution < 1.29 is 9.59 Å². The first kappa shape index (κ1) is 21.5. The zero-order valence-electron chi connectivity index (χ0n) is 17.8. The summed E-state index contributed by atoms with van der Waals surface area (Å²) in [5.74, 6) is 0.251. The van der Waals surface area contributed by atoms with Crippen LogP contribution in [0.3, 0.4) is 0 Å². The predicted octanol–water partition coefficient (Wildman–Crippen LogP) is 1.55. The lowest BCUT2D eigenvalue weighted by Crippen LogP contribution is -2.54. The van der Waals surface area contributed by atoms with Crippen LogP contribution in [-0.2, 0) is 16.1 Å². The van der Waals surface area contributed by atoms with E-state index in [1.165, 1.54) is 5.01 Å². The normalized spacial score (nSPS) is 19.9. The number of piperazine rings is 1. The number of nitrogens with one attached hydrogen (secondary N) is 1. The van der Waals surface area contributed by atoms with Gasteiger partial charge in [0, 0.05) is 51.6 Å². The Morgan fingerprint density at radius 3 is 2.45 bits per heavy atom. The van der Waals surface area contributed by atoms with E-state index in [0.29, 0.717) is 43.6 Å². The summed E-state index contributed by atoms with van der Waals surface area (Å²) in [5, 5.41) is 8.87. The standard InChI is InChI=1S/C22H33N5O2/c1-17(2)20(26-13-11-25(3)12-14-26)15-23-22(29)19-9-10-21(28)27(24-19)16-18-7-5-4-6-8-18/h4-8,17,20H,9-16H2,1-3H3,(H,23,29). The third-order valence-corrected chi connectivity index (χ3v) is 5.79. The summed E-state index contributed by atoms with van der Waals surface area (Å²) in [4.78, 5) is 29.8. The molecule has 2 aliphatic rings. The first-order valence-corrected chi connectivity index (χ1v) is 10.6. The van der Waals surface area contributed by atoms with Crippen molar-refractivity contribution >= 4 is 17.5 Å². The molecule has 3 rings (SSSR count). The summed E-state index contributed by atoms with van der Waals surface area (Å²) in [7, 11) is 2.15. The molecule has 1 aromatic rings. The van der Waals surface area contributed by atoms with E-state index in [-0.39, 0.29) is 11.8 Å². The monoisotopic (exact) mass is 399 g/mol. The SMILES string of the molecule is CC(C)C(CNC(=O)C1=NN(Cc2ccccc2)C(=O)CC1)N1CCN(C)CC1. The van der Waals surface area contributed by atoms with Crippen molar-refractivity contribution in [3.05, 3.63) is 35.9 Å². The molecule has 29 heavy (non-hydrogen) atoms. The highest BCUT2D eigenvalue weighted by Crippen LogP contribution is 2.15. The number of likely N-dealkylation sites (N-methyl/N-ethyl adjacent to an activating group) is 1. The zero-order valence-corrected chi connectivity index (χ0v) is 17.8. The van der Waals surface area contributed by atoms with Crippen molar-refractivity contribution in [2.45, 2.75) is 39.3 Å². The van der Waals surface area contributed by atoms with Gasteiger partial charge >= 0.3 is 0 Å². The molecule has 0 aromatic heterocycles. The van der Waals surface area contributed by atoms with E-state index in [1.807, 2.05) is 30.3 Å². The molecule has 1 unspecified atom stereocenters. The van der Waals surface area contributed by atoms with Gasteiger partial charge in [-0.15, -0.1) is 0 Å². The van der Waals surface area contributed by atoms with Gasteiger partial charge in [-0.3, -0.25) is 14.5 Å². The van der Waals surface area contributed by atoms with Crippen molar-refractivity contribution in [3.63, 3.8) is 0 Å². The van der Waals surface area contributed by atoms with Gasteiger partial charge in [0.1, 0.15) is 5.71 Å². The van der Waals surface area contributed by atoms with Crippen LogP contribution in [0, 0.1) is 5.92 Å². The molecule has 0 aliphatic carbocycles. The number of carbonyl (C=O) groups is 2. The highest BCUT2D eigenvalue weighted by atomic mass is 16.2. The number of amides is 2. The van der Waals surface area contributed by atoms with Crippen LogP contribution in [0.25, 0.3) is 0 Å². The molecule has 0 spiro atoms. The molecular weight excluding hydrogens is 366 g/mol. The molecule has 0 radical (unpaired) electrons. The molecule has 1 fully saturated rings. The topological polar surface area (TPSA) is 68.2 Å². The van der Waals surface area contributed by atoms with E-state index in [2.05, 4.69) is 41.1 Å². The van der Waals surface area contributed by atoms with Gasteiger partial charge in [0.2, 0.25) is 5.91 Å². The molecule has 7 heteroatoms. The van der Waals surface area contributed by atoms with E-state index in [9.17, 15) is 9.59 Å². The Kier molecular flexibility index (Phi) is 7.39. The Morgan fingerprint density at radius 1 is 1.10 bits per heavy atom. The van der Waals surface area contributed by atoms with Gasteiger partial charge in [-0.05, 0) is 18.5 Å². The Bertz CT molecular complexity index is 726. The molecule has 1 aromatic carbocycles. The highest BCUT2D eigenvalue weighted by Gasteiger charge is 2.28. The minimum Gasteiger partial charge on any atom is -0.349 e. The number of carbonyl (C=O) groups excluding carboxylic acids is 2. The van der Waals surface area contributed by atoms with Gasteiger partial charge < -0.3 is 10.2 Å². The molecule has 1 N–H and O–H groups in total. The number of hydrazone groups is 1. The lowest BCUT2D eigenvalue weighted by Gasteiger charge is -2.40. The van der Waals surface area contributed by atoms with Gasteiger partial charge in [-0.2, -0.15) is 5.10 Å². The first-order valence-electron chi connectivity index (χ1n) is 10.6. The third kappa shape index (κ3) is 5.87. The van der Waals surface area contributed by atoms with Crippen LogP contribution in [0.2, 0.25) is 0 Å². The Morgan fingerprint density at radius 2 is 1.79 bits per heavy atom. The molecule has 0 bridgehead atoms. The second-order valence-corrected chi connectivity index (χ2v) is 8.34. The second-order valence-electron chi connectivity index (χ2n) is 8.34. The summed E-state index contributed by atoms with van der Waals surface area (Å²) in [6.45, 7) is 9.56. The number of hydrogen-bond donors (Lipinski definition) is 1. The van der Waals surface area contributed by atoms with Gasteiger partial charge in [0.05, 0.1) is 6.54 Å². The van der Waals surface area contributed by atoms with Gasteiger partial charge in [0.25, 0.3) is 5.91 Å². The summed E-state index contributed by atoms with van der Waals surface area (Å²) < 4.78 is 0.